The number of amides is 2. The molecule has 0 saturated carbocycles. The smallest absolute Gasteiger partial charge is 0.253 e. The van der Waals surface area contributed by atoms with E-state index in [0.717, 1.165) is 11.1 Å². The van der Waals surface area contributed by atoms with Crippen molar-refractivity contribution in [2.75, 3.05) is 0 Å². The molecule has 0 aliphatic carbocycles. The molecular weight excluding hydrogens is 292 g/mol. The molecule has 1 N–H and O–H groups in total. The van der Waals surface area contributed by atoms with Crippen LogP contribution >= 0.6 is 0 Å². The van der Waals surface area contributed by atoms with Gasteiger partial charge in [0.1, 0.15) is 11.0 Å². The Hall–Kier alpha value is -3.02. The van der Waals surface area contributed by atoms with Gasteiger partial charge in [-0.15, -0.1) is 0 Å². The average molecular weight is 308 g/mol. The summed E-state index contributed by atoms with van der Waals surface area (Å²) in [6.45, 7) is 7.48. The van der Waals surface area contributed by atoms with Crippen molar-refractivity contribution < 1.29 is 9.59 Å². The Balaban J connectivity index is 2.09. The highest BCUT2D eigenvalue weighted by atomic mass is 16.2. The molecule has 2 aromatic rings. The standard InChI is InChI=1S/C17H16N4O2/c1-3-5-6-12-11(4-2)7-8-13-16(12)20-21(19-13)14-9-10-15(22)18-17(14)23/h3-8,14H,1-2,9-10H2,(H,18,22,23)/b6-5-. The fourth-order valence-electron chi connectivity index (χ4n) is 2.59. The van der Waals surface area contributed by atoms with Gasteiger partial charge < -0.3 is 0 Å². The molecule has 6 nitrogen and oxygen atoms in total. The minimum absolute atomic E-state index is 0.258. The lowest BCUT2D eigenvalue weighted by molar-refractivity contribution is -0.136. The zero-order valence-corrected chi connectivity index (χ0v) is 12.5. The van der Waals surface area contributed by atoms with Crippen molar-refractivity contribution in [3.05, 3.63) is 48.6 Å². The summed E-state index contributed by atoms with van der Waals surface area (Å²) in [6, 6.07) is 3.18. The molecule has 2 heterocycles. The van der Waals surface area contributed by atoms with Gasteiger partial charge in [0.15, 0.2) is 6.04 Å². The molecule has 1 fully saturated rings. The number of rotatable bonds is 4. The van der Waals surface area contributed by atoms with Crippen molar-refractivity contribution in [1.29, 1.82) is 0 Å². The number of fused-ring (bicyclic) bond motifs is 1. The number of nitrogens with zero attached hydrogens (tertiary/aromatic N) is 3. The maximum absolute atomic E-state index is 12.0. The van der Waals surface area contributed by atoms with Crippen LogP contribution < -0.4 is 5.32 Å². The number of benzene rings is 1. The summed E-state index contributed by atoms with van der Waals surface area (Å²) in [5.74, 6) is -0.625. The van der Waals surface area contributed by atoms with Crippen LogP contribution in [0, 0.1) is 0 Å². The molecule has 2 amide bonds. The molecule has 6 heteroatoms. The van der Waals surface area contributed by atoms with E-state index in [-0.39, 0.29) is 18.2 Å². The molecule has 0 bridgehead atoms. The van der Waals surface area contributed by atoms with E-state index in [4.69, 9.17) is 0 Å². The summed E-state index contributed by atoms with van der Waals surface area (Å²) in [5, 5.41) is 11.2. The second-order valence-corrected chi connectivity index (χ2v) is 5.22. The van der Waals surface area contributed by atoms with Crippen LogP contribution in [-0.4, -0.2) is 26.8 Å². The van der Waals surface area contributed by atoms with Gasteiger partial charge in [-0.3, -0.25) is 14.9 Å². The zero-order chi connectivity index (χ0) is 16.4. The van der Waals surface area contributed by atoms with Crippen molar-refractivity contribution in [1.82, 2.24) is 20.3 Å². The maximum atomic E-state index is 12.0. The Morgan fingerprint density at radius 1 is 1.26 bits per heavy atom. The van der Waals surface area contributed by atoms with Crippen LogP contribution in [0.1, 0.15) is 30.0 Å². The molecule has 1 unspecified atom stereocenters. The number of imide groups is 1. The zero-order valence-electron chi connectivity index (χ0n) is 12.5. The second-order valence-electron chi connectivity index (χ2n) is 5.22. The van der Waals surface area contributed by atoms with E-state index < -0.39 is 6.04 Å². The Bertz CT molecular complexity index is 848. The molecule has 23 heavy (non-hydrogen) atoms. The number of carbonyl (C=O) groups excluding carboxylic acids is 2. The third-order valence-corrected chi connectivity index (χ3v) is 3.75. The highest BCUT2D eigenvalue weighted by Gasteiger charge is 2.30. The fourth-order valence-corrected chi connectivity index (χ4v) is 2.59. The third kappa shape index (κ3) is 2.70. The van der Waals surface area contributed by atoms with Crippen LogP contribution in [0.4, 0.5) is 0 Å². The fraction of sp³-hybridized carbons (Fsp3) is 0.176. The van der Waals surface area contributed by atoms with E-state index in [0.29, 0.717) is 17.5 Å². The van der Waals surface area contributed by atoms with Gasteiger partial charge in [0.05, 0.1) is 0 Å². The van der Waals surface area contributed by atoms with Crippen LogP contribution in [0.15, 0.2) is 37.4 Å². The van der Waals surface area contributed by atoms with Crippen LogP contribution in [0.2, 0.25) is 0 Å². The first kappa shape index (κ1) is 14.9. The first-order chi connectivity index (χ1) is 11.1. The molecule has 1 saturated heterocycles. The lowest BCUT2D eigenvalue weighted by Crippen LogP contribution is -2.42. The summed E-state index contributed by atoms with van der Waals surface area (Å²) >= 11 is 0. The van der Waals surface area contributed by atoms with Gasteiger partial charge in [0.2, 0.25) is 5.91 Å². The third-order valence-electron chi connectivity index (χ3n) is 3.75. The Morgan fingerprint density at radius 2 is 2.09 bits per heavy atom. The second kappa shape index (κ2) is 6.00. The van der Waals surface area contributed by atoms with E-state index in [1.807, 2.05) is 24.3 Å². The summed E-state index contributed by atoms with van der Waals surface area (Å²) in [5.41, 5.74) is 3.16. The van der Waals surface area contributed by atoms with Gasteiger partial charge in [-0.25, -0.2) is 0 Å². The van der Waals surface area contributed by atoms with E-state index in [9.17, 15) is 9.59 Å². The summed E-state index contributed by atoms with van der Waals surface area (Å²) < 4.78 is 0. The highest BCUT2D eigenvalue weighted by molar-refractivity contribution is 5.99. The van der Waals surface area contributed by atoms with Crippen molar-refractivity contribution in [3.8, 4) is 0 Å². The van der Waals surface area contributed by atoms with E-state index in [1.165, 1.54) is 4.80 Å². The number of hydrogen-bond donors (Lipinski definition) is 1. The van der Waals surface area contributed by atoms with E-state index in [1.54, 1.807) is 12.2 Å². The van der Waals surface area contributed by atoms with Gasteiger partial charge >= 0.3 is 0 Å². The predicted octanol–water partition coefficient (Wildman–Crippen LogP) is 2.25. The normalized spacial score (nSPS) is 18.3. The van der Waals surface area contributed by atoms with E-state index >= 15 is 0 Å². The van der Waals surface area contributed by atoms with Gasteiger partial charge in [-0.1, -0.05) is 43.5 Å². The quantitative estimate of drug-likeness (QED) is 0.694. The first-order valence-electron chi connectivity index (χ1n) is 7.29. The van der Waals surface area contributed by atoms with Crippen molar-refractivity contribution >= 4 is 35.0 Å². The van der Waals surface area contributed by atoms with Crippen molar-refractivity contribution in [2.45, 2.75) is 18.9 Å². The SMILES string of the molecule is C=C/C=C\c1c(C=C)ccc2nn(C3CCC(=O)NC3=O)nc12. The Morgan fingerprint density at radius 3 is 2.78 bits per heavy atom. The number of carbonyl (C=O) groups is 2. The van der Waals surface area contributed by atoms with Crippen molar-refractivity contribution in [2.24, 2.45) is 0 Å². The molecule has 1 aliphatic heterocycles. The summed E-state index contributed by atoms with van der Waals surface area (Å²) in [4.78, 5) is 24.6. The molecule has 3 rings (SSSR count). The van der Waals surface area contributed by atoms with Crippen molar-refractivity contribution in [3.63, 3.8) is 0 Å². The lowest BCUT2D eigenvalue weighted by Gasteiger charge is -2.19. The van der Waals surface area contributed by atoms with Gasteiger partial charge in [0.25, 0.3) is 5.91 Å². The van der Waals surface area contributed by atoms with Crippen LogP contribution in [0.3, 0.4) is 0 Å². The van der Waals surface area contributed by atoms with Crippen LogP contribution in [0.5, 0.6) is 0 Å². The minimum atomic E-state index is -0.566. The molecule has 1 aromatic heterocycles. The van der Waals surface area contributed by atoms with Crippen LogP contribution in [-0.2, 0) is 9.59 Å². The highest BCUT2D eigenvalue weighted by Crippen LogP contribution is 2.25. The number of allylic oxidation sites excluding steroid dienone is 2. The maximum Gasteiger partial charge on any atom is 0.253 e. The molecular formula is C17H16N4O2. The summed E-state index contributed by atoms with van der Waals surface area (Å²) in [6.07, 6.45) is 7.80. The van der Waals surface area contributed by atoms with Crippen LogP contribution in [0.25, 0.3) is 23.2 Å². The molecule has 1 aliphatic rings. The molecule has 1 aromatic carbocycles. The van der Waals surface area contributed by atoms with Gasteiger partial charge in [-0.2, -0.15) is 15.0 Å². The first-order valence-corrected chi connectivity index (χ1v) is 7.29. The Labute approximate surface area is 133 Å². The van der Waals surface area contributed by atoms with E-state index in [2.05, 4.69) is 28.7 Å². The Kier molecular flexibility index (Phi) is 3.89. The number of nitrogens with one attached hydrogen (secondary N) is 1. The van der Waals surface area contributed by atoms with Gasteiger partial charge in [-0.05, 0) is 18.1 Å². The molecule has 0 radical (unpaired) electrons. The number of hydrogen-bond acceptors (Lipinski definition) is 4. The topological polar surface area (TPSA) is 76.9 Å². The lowest BCUT2D eigenvalue weighted by atomic mass is 10.1. The molecule has 1 atom stereocenters. The monoisotopic (exact) mass is 308 g/mol. The summed E-state index contributed by atoms with van der Waals surface area (Å²) in [7, 11) is 0. The molecule has 116 valence electrons. The molecule has 0 spiro atoms. The largest absolute Gasteiger partial charge is 0.295 e. The predicted molar refractivity (Wildman–Crippen MR) is 88.3 cm³/mol. The minimum Gasteiger partial charge on any atom is -0.295 e. The number of aromatic nitrogens is 3. The van der Waals surface area contributed by atoms with Gasteiger partial charge in [0, 0.05) is 12.0 Å². The average Bonchev–Trinajstić information content (AvgIpc) is 2.96. The number of piperidine rings is 1.